The summed E-state index contributed by atoms with van der Waals surface area (Å²) in [6.07, 6.45) is 5.92. The Labute approximate surface area is 103 Å². The van der Waals surface area contributed by atoms with Gasteiger partial charge in [0.05, 0.1) is 11.1 Å². The minimum atomic E-state index is -0.919. The Hall–Kier alpha value is -2.76. The fraction of sp³-hybridized carbons (Fsp3) is 0. The molecule has 6 heteroatoms. The van der Waals surface area contributed by atoms with Crippen molar-refractivity contribution >= 4 is 11.9 Å². The van der Waals surface area contributed by atoms with Crippen LogP contribution in [0.15, 0.2) is 49.1 Å². The van der Waals surface area contributed by atoms with Crippen LogP contribution >= 0.6 is 0 Å². The van der Waals surface area contributed by atoms with Crippen LogP contribution in [0.4, 0.5) is 0 Å². The molecule has 0 aromatic carbocycles. The summed E-state index contributed by atoms with van der Waals surface area (Å²) < 4.78 is 0. The molecule has 2 aromatic heterocycles. The lowest BCUT2D eigenvalue weighted by molar-refractivity contribution is 0.0696. The second kappa shape index (κ2) is 6.74. The highest BCUT2D eigenvalue weighted by Gasteiger charge is 1.97. The number of hydrogen-bond acceptors (Lipinski definition) is 4. The molecule has 0 aliphatic heterocycles. The molecule has 92 valence electrons. The van der Waals surface area contributed by atoms with E-state index in [1.165, 1.54) is 30.7 Å². The molecule has 0 bridgehead atoms. The van der Waals surface area contributed by atoms with Crippen LogP contribution in [0.2, 0.25) is 0 Å². The molecule has 0 unspecified atom stereocenters. The molecule has 0 aliphatic carbocycles. The van der Waals surface area contributed by atoms with Crippen molar-refractivity contribution in [3.05, 3.63) is 60.2 Å². The van der Waals surface area contributed by atoms with Crippen molar-refractivity contribution in [1.82, 2.24) is 9.97 Å². The van der Waals surface area contributed by atoms with Gasteiger partial charge in [-0.15, -0.1) is 0 Å². The van der Waals surface area contributed by atoms with Crippen molar-refractivity contribution in [3.63, 3.8) is 0 Å². The molecule has 2 rings (SSSR count). The first kappa shape index (κ1) is 13.3. The second-order valence-electron chi connectivity index (χ2n) is 3.15. The van der Waals surface area contributed by atoms with E-state index >= 15 is 0 Å². The highest BCUT2D eigenvalue weighted by molar-refractivity contribution is 5.92. The summed E-state index contributed by atoms with van der Waals surface area (Å²) in [6, 6.07) is 6.18. The monoisotopic (exact) mass is 245 g/mol. The highest BCUT2D eigenvalue weighted by atomic mass is 16.4. The third kappa shape index (κ3) is 4.40. The molecule has 0 saturated carbocycles. The van der Waals surface area contributed by atoms with E-state index in [0.717, 1.165) is 0 Å². The Morgan fingerprint density at radius 3 is 2.00 bits per heavy atom. The predicted octanol–water partition coefficient (Wildman–Crippen LogP) is 0.960. The summed E-state index contributed by atoms with van der Waals surface area (Å²) in [6.45, 7) is 0. The fourth-order valence-electron chi connectivity index (χ4n) is 1.00. The van der Waals surface area contributed by atoms with E-state index in [0.29, 0.717) is 5.56 Å². The molecule has 0 aliphatic rings. The topological polar surface area (TPSA) is 106 Å². The zero-order valence-electron chi connectivity index (χ0n) is 9.35. The molecular formula is C12H11N3O3. The van der Waals surface area contributed by atoms with Crippen LogP contribution in [0.25, 0.3) is 0 Å². The lowest BCUT2D eigenvalue weighted by Crippen LogP contribution is -2.10. The molecule has 0 spiro atoms. The summed E-state index contributed by atoms with van der Waals surface area (Å²) in [7, 11) is 0. The average molecular weight is 245 g/mol. The van der Waals surface area contributed by atoms with Gasteiger partial charge in [0.1, 0.15) is 0 Å². The molecule has 18 heavy (non-hydrogen) atoms. The molecule has 2 aromatic rings. The van der Waals surface area contributed by atoms with Crippen molar-refractivity contribution in [2.75, 3.05) is 0 Å². The number of amides is 1. The van der Waals surface area contributed by atoms with Crippen molar-refractivity contribution in [2.45, 2.75) is 0 Å². The summed E-state index contributed by atoms with van der Waals surface area (Å²) in [5.41, 5.74) is 5.65. The number of aromatic nitrogens is 2. The predicted molar refractivity (Wildman–Crippen MR) is 64.0 cm³/mol. The smallest absolute Gasteiger partial charge is 0.335 e. The SMILES string of the molecule is NC(=O)c1cccnc1.O=C(O)c1ccncc1. The highest BCUT2D eigenvalue weighted by Crippen LogP contribution is 1.93. The van der Waals surface area contributed by atoms with E-state index in [1.54, 1.807) is 18.3 Å². The Balaban J connectivity index is 0.000000180. The van der Waals surface area contributed by atoms with Gasteiger partial charge in [-0.1, -0.05) is 0 Å². The average Bonchev–Trinajstić information content (AvgIpc) is 2.41. The number of carbonyl (C=O) groups is 2. The van der Waals surface area contributed by atoms with E-state index in [4.69, 9.17) is 10.8 Å². The third-order valence-corrected chi connectivity index (χ3v) is 1.87. The van der Waals surface area contributed by atoms with Crippen LogP contribution in [0.3, 0.4) is 0 Å². The zero-order valence-corrected chi connectivity index (χ0v) is 9.35. The molecule has 0 fully saturated rings. The Bertz CT molecular complexity index is 465. The minimum absolute atomic E-state index is 0.269. The third-order valence-electron chi connectivity index (χ3n) is 1.87. The standard InChI is InChI=1S/C6H6N2O.C6H5NO2/c7-6(9)5-2-1-3-8-4-5;8-6(9)5-1-3-7-4-2-5/h1-4H,(H2,7,9);1-4H,(H,8,9). The molecule has 3 N–H and O–H groups in total. The van der Waals surface area contributed by atoms with Crippen LogP contribution in [0.1, 0.15) is 20.7 Å². The van der Waals surface area contributed by atoms with Crippen molar-refractivity contribution in [1.29, 1.82) is 0 Å². The Morgan fingerprint density at radius 2 is 1.67 bits per heavy atom. The number of aromatic carboxylic acids is 1. The van der Waals surface area contributed by atoms with Gasteiger partial charge >= 0.3 is 5.97 Å². The number of nitrogens with zero attached hydrogens (tertiary/aromatic N) is 2. The lowest BCUT2D eigenvalue weighted by Gasteiger charge is -1.88. The largest absolute Gasteiger partial charge is 0.478 e. The molecule has 0 saturated heterocycles. The second-order valence-corrected chi connectivity index (χ2v) is 3.15. The minimum Gasteiger partial charge on any atom is -0.478 e. The van der Waals surface area contributed by atoms with Gasteiger partial charge in [0, 0.05) is 24.8 Å². The molecule has 1 amide bonds. The van der Waals surface area contributed by atoms with Gasteiger partial charge in [-0.05, 0) is 24.3 Å². The van der Waals surface area contributed by atoms with Crippen LogP contribution in [0.5, 0.6) is 0 Å². The number of pyridine rings is 2. The number of hydrogen-bond donors (Lipinski definition) is 2. The maximum Gasteiger partial charge on any atom is 0.335 e. The fourth-order valence-corrected chi connectivity index (χ4v) is 1.00. The first-order valence-corrected chi connectivity index (χ1v) is 4.94. The number of rotatable bonds is 2. The van der Waals surface area contributed by atoms with Gasteiger partial charge in [0.25, 0.3) is 0 Å². The van der Waals surface area contributed by atoms with Crippen molar-refractivity contribution < 1.29 is 14.7 Å². The number of primary amides is 1. The van der Waals surface area contributed by atoms with E-state index in [-0.39, 0.29) is 5.56 Å². The van der Waals surface area contributed by atoms with Gasteiger partial charge in [0.15, 0.2) is 0 Å². The van der Waals surface area contributed by atoms with Crippen LogP contribution < -0.4 is 5.73 Å². The summed E-state index contributed by atoms with van der Waals surface area (Å²) in [5, 5.41) is 8.36. The first-order valence-electron chi connectivity index (χ1n) is 4.94. The molecule has 0 radical (unpaired) electrons. The van der Waals surface area contributed by atoms with Gasteiger partial charge in [-0.25, -0.2) is 4.79 Å². The van der Waals surface area contributed by atoms with E-state index in [1.807, 2.05) is 0 Å². The maximum atomic E-state index is 10.4. The lowest BCUT2D eigenvalue weighted by atomic mass is 10.3. The summed E-state index contributed by atoms with van der Waals surface area (Å²) in [4.78, 5) is 27.9. The molecular weight excluding hydrogens is 234 g/mol. The van der Waals surface area contributed by atoms with Gasteiger partial charge in [-0.2, -0.15) is 0 Å². The zero-order chi connectivity index (χ0) is 13.4. The van der Waals surface area contributed by atoms with Crippen LogP contribution in [-0.4, -0.2) is 27.0 Å². The van der Waals surface area contributed by atoms with Crippen molar-refractivity contribution in [3.8, 4) is 0 Å². The van der Waals surface area contributed by atoms with Crippen LogP contribution in [0, 0.1) is 0 Å². The normalized spacial score (nSPS) is 8.89. The molecule has 6 nitrogen and oxygen atoms in total. The number of carboxylic acids is 1. The Kier molecular flexibility index (Phi) is 4.98. The van der Waals surface area contributed by atoms with E-state index in [2.05, 4.69) is 9.97 Å². The molecule has 2 heterocycles. The van der Waals surface area contributed by atoms with Gasteiger partial charge in [-0.3, -0.25) is 14.8 Å². The number of nitrogens with two attached hydrogens (primary N) is 1. The summed E-state index contributed by atoms with van der Waals surface area (Å²) >= 11 is 0. The quantitative estimate of drug-likeness (QED) is 0.819. The van der Waals surface area contributed by atoms with E-state index in [9.17, 15) is 9.59 Å². The number of carboxylic acid groups (broad SMARTS) is 1. The Morgan fingerprint density at radius 1 is 1.00 bits per heavy atom. The van der Waals surface area contributed by atoms with Crippen molar-refractivity contribution in [2.24, 2.45) is 5.73 Å². The first-order chi connectivity index (χ1) is 8.61. The van der Waals surface area contributed by atoms with E-state index < -0.39 is 11.9 Å². The summed E-state index contributed by atoms with van der Waals surface area (Å²) in [5.74, 6) is -1.36. The molecule has 0 atom stereocenters. The van der Waals surface area contributed by atoms with Crippen LogP contribution in [-0.2, 0) is 0 Å². The van der Waals surface area contributed by atoms with Gasteiger partial charge in [0.2, 0.25) is 5.91 Å². The van der Waals surface area contributed by atoms with Gasteiger partial charge < -0.3 is 10.8 Å². The maximum absolute atomic E-state index is 10.4. The number of carbonyl (C=O) groups excluding carboxylic acids is 1.